The number of hydrogen-bond acceptors (Lipinski definition) is 14. The number of methoxy groups -OCH3 is 4. The SMILES string of the molecule is COc1cc2c(c(OC)c1OC)-c1ccc(OC)c(=O)cc1[C@@H](NC(C)=O)CC2.Nc1ncnc2c1ncn2[C@@H]1O[C@H](CO)[C@@H](O)[C@H]1O. The number of nitrogen functional groups attached to an aromatic ring is 1. The third-order valence-corrected chi connectivity index (χ3v) is 8.28. The van der Waals surface area contributed by atoms with Crippen molar-refractivity contribution in [3.63, 3.8) is 0 Å². The van der Waals surface area contributed by atoms with Crippen molar-refractivity contribution < 1.29 is 43.8 Å². The van der Waals surface area contributed by atoms with E-state index in [2.05, 4.69) is 20.3 Å². The molecule has 2 aromatic heterocycles. The Bertz CT molecular complexity index is 1870. The van der Waals surface area contributed by atoms with E-state index < -0.39 is 31.1 Å². The maximum atomic E-state index is 12.6. The summed E-state index contributed by atoms with van der Waals surface area (Å²) in [5, 5.41) is 31.7. The average Bonchev–Trinajstić information content (AvgIpc) is 3.53. The highest BCUT2D eigenvalue weighted by molar-refractivity contribution is 5.84. The van der Waals surface area contributed by atoms with E-state index in [1.54, 1.807) is 27.4 Å². The molecule has 256 valence electrons. The van der Waals surface area contributed by atoms with Crippen LogP contribution in [0.5, 0.6) is 23.0 Å². The molecular weight excluding hydrogens is 628 g/mol. The Morgan fingerprint density at radius 3 is 2.38 bits per heavy atom. The van der Waals surface area contributed by atoms with Gasteiger partial charge in [0.1, 0.15) is 30.2 Å². The topological polar surface area (TPSA) is 223 Å². The second kappa shape index (κ2) is 14.4. The summed E-state index contributed by atoms with van der Waals surface area (Å²) in [6.07, 6.45) is -0.154. The maximum absolute atomic E-state index is 12.6. The van der Waals surface area contributed by atoms with Crippen molar-refractivity contribution in [2.75, 3.05) is 40.8 Å². The molecule has 0 spiro atoms. The van der Waals surface area contributed by atoms with Gasteiger partial charge in [-0.25, -0.2) is 15.0 Å². The van der Waals surface area contributed by atoms with Crippen molar-refractivity contribution >= 4 is 22.9 Å². The van der Waals surface area contributed by atoms with Crippen molar-refractivity contribution in [2.24, 2.45) is 0 Å². The fourth-order valence-corrected chi connectivity index (χ4v) is 6.03. The van der Waals surface area contributed by atoms with Gasteiger partial charge in [0.15, 0.2) is 34.9 Å². The normalized spacial score (nSPS) is 21.2. The Kier molecular flexibility index (Phi) is 10.3. The number of aliphatic hydroxyl groups is 3. The molecule has 1 aliphatic heterocycles. The Hall–Kier alpha value is -5.03. The molecule has 1 aliphatic carbocycles. The lowest BCUT2D eigenvalue weighted by Crippen LogP contribution is -2.33. The summed E-state index contributed by atoms with van der Waals surface area (Å²) in [5.41, 5.74) is 9.45. The molecule has 1 amide bonds. The van der Waals surface area contributed by atoms with Crippen LogP contribution in [0.25, 0.3) is 22.3 Å². The van der Waals surface area contributed by atoms with Crippen LogP contribution in [0.3, 0.4) is 0 Å². The first-order chi connectivity index (χ1) is 23.1. The molecule has 0 bridgehead atoms. The van der Waals surface area contributed by atoms with Crippen LogP contribution in [0.4, 0.5) is 5.82 Å². The molecule has 0 saturated carbocycles. The van der Waals surface area contributed by atoms with Crippen LogP contribution in [-0.2, 0) is 16.0 Å². The lowest BCUT2D eigenvalue weighted by Gasteiger charge is -2.19. The molecule has 1 saturated heterocycles. The summed E-state index contributed by atoms with van der Waals surface area (Å²) >= 11 is 0. The first-order valence-corrected chi connectivity index (χ1v) is 14.9. The highest BCUT2D eigenvalue weighted by Crippen LogP contribution is 2.50. The van der Waals surface area contributed by atoms with Crippen LogP contribution in [0.2, 0.25) is 0 Å². The van der Waals surface area contributed by atoms with E-state index in [0.29, 0.717) is 46.8 Å². The van der Waals surface area contributed by atoms with E-state index in [4.69, 9.17) is 34.5 Å². The second-order valence-electron chi connectivity index (χ2n) is 11.1. The number of aliphatic hydroxyl groups excluding tert-OH is 3. The highest BCUT2D eigenvalue weighted by atomic mass is 16.6. The fourth-order valence-electron chi connectivity index (χ4n) is 6.03. The van der Waals surface area contributed by atoms with Gasteiger partial charge < -0.3 is 50.1 Å². The van der Waals surface area contributed by atoms with E-state index in [9.17, 15) is 19.8 Å². The molecule has 16 heteroatoms. The summed E-state index contributed by atoms with van der Waals surface area (Å²) < 4.78 is 28.9. The first kappa shape index (κ1) is 34.3. The molecule has 6 rings (SSSR count). The zero-order valence-electron chi connectivity index (χ0n) is 27.0. The van der Waals surface area contributed by atoms with Gasteiger partial charge in [-0.15, -0.1) is 0 Å². The molecule has 5 atom stereocenters. The largest absolute Gasteiger partial charge is 0.493 e. The Morgan fingerprint density at radius 1 is 1.02 bits per heavy atom. The summed E-state index contributed by atoms with van der Waals surface area (Å²) in [7, 11) is 6.14. The maximum Gasteiger partial charge on any atom is 0.220 e. The third-order valence-electron chi connectivity index (χ3n) is 8.28. The number of rotatable bonds is 7. The van der Waals surface area contributed by atoms with Gasteiger partial charge in [0, 0.05) is 12.5 Å². The number of nitrogens with two attached hydrogens (primary N) is 1. The number of imidazole rings is 1. The van der Waals surface area contributed by atoms with Crippen molar-refractivity contribution in [1.82, 2.24) is 24.8 Å². The number of carbonyl (C=O) groups excluding carboxylic acids is 1. The van der Waals surface area contributed by atoms with Gasteiger partial charge in [-0.1, -0.05) is 6.07 Å². The number of nitrogens with zero attached hydrogens (tertiary/aromatic N) is 4. The first-order valence-electron chi connectivity index (χ1n) is 14.9. The number of aryl methyl sites for hydroxylation is 1. The standard InChI is InChI=1S/C22H25NO6.C10H13N5O4/c1-12(24)23-16-8-6-13-10-19(27-3)21(28-4)22(29-5)20(13)14-7-9-18(26-2)17(25)11-15(14)16;11-8-5-9(13-2-12-8)15(3-14-5)10-7(18)6(17)4(1-16)19-10/h7,9-11,16H,6,8H2,1-5H3,(H,23,24);2-4,6-7,10,16-18H,1H2,(H2,11,12,13)/t16-;4-,6-,7-,10-/m01/s1. The zero-order chi connectivity index (χ0) is 34.7. The molecule has 4 aromatic rings. The molecule has 2 aromatic carbocycles. The number of carbonyl (C=O) groups is 1. The minimum absolute atomic E-state index is 0.167. The number of ether oxygens (including phenoxy) is 5. The lowest BCUT2D eigenvalue weighted by molar-refractivity contribution is -0.119. The molecule has 0 unspecified atom stereocenters. The van der Waals surface area contributed by atoms with E-state index >= 15 is 0 Å². The molecule has 3 heterocycles. The molecule has 16 nitrogen and oxygen atoms in total. The van der Waals surface area contributed by atoms with Crippen LogP contribution in [0, 0.1) is 0 Å². The van der Waals surface area contributed by atoms with Gasteiger partial charge in [0.2, 0.25) is 17.1 Å². The Morgan fingerprint density at radius 2 is 1.75 bits per heavy atom. The lowest BCUT2D eigenvalue weighted by atomic mass is 9.95. The fraction of sp³-hybridized carbons (Fsp3) is 0.406. The third kappa shape index (κ3) is 6.29. The summed E-state index contributed by atoms with van der Waals surface area (Å²) in [6.45, 7) is 1.07. The second-order valence-corrected chi connectivity index (χ2v) is 11.1. The number of amides is 1. The van der Waals surface area contributed by atoms with Crippen molar-refractivity contribution in [3.8, 4) is 34.1 Å². The Balaban J connectivity index is 0.000000204. The number of benzene rings is 1. The van der Waals surface area contributed by atoms with Crippen LogP contribution in [0.15, 0.2) is 41.7 Å². The summed E-state index contributed by atoms with van der Waals surface area (Å²) in [5.74, 6) is 1.82. The van der Waals surface area contributed by atoms with Crippen LogP contribution in [0.1, 0.15) is 36.7 Å². The number of aromatic nitrogens is 4. The zero-order valence-corrected chi connectivity index (χ0v) is 27.0. The highest BCUT2D eigenvalue weighted by Gasteiger charge is 2.44. The number of fused-ring (bicyclic) bond motifs is 4. The van der Waals surface area contributed by atoms with E-state index in [1.165, 1.54) is 37.3 Å². The summed E-state index contributed by atoms with van der Waals surface area (Å²) in [6, 6.07) is 6.57. The smallest absolute Gasteiger partial charge is 0.220 e. The van der Waals surface area contributed by atoms with Crippen molar-refractivity contribution in [2.45, 2.75) is 50.3 Å². The van der Waals surface area contributed by atoms with Crippen molar-refractivity contribution in [1.29, 1.82) is 0 Å². The summed E-state index contributed by atoms with van der Waals surface area (Å²) in [4.78, 5) is 36.4. The number of anilines is 1. The van der Waals surface area contributed by atoms with Crippen LogP contribution >= 0.6 is 0 Å². The average molecular weight is 667 g/mol. The predicted molar refractivity (Wildman–Crippen MR) is 172 cm³/mol. The van der Waals surface area contributed by atoms with E-state index in [0.717, 1.165) is 16.7 Å². The van der Waals surface area contributed by atoms with Crippen LogP contribution < -0.4 is 35.4 Å². The number of hydrogen-bond donors (Lipinski definition) is 5. The predicted octanol–water partition coefficient (Wildman–Crippen LogP) is 0.892. The van der Waals surface area contributed by atoms with Gasteiger partial charge in [0.05, 0.1) is 47.4 Å². The minimum Gasteiger partial charge on any atom is -0.493 e. The number of nitrogens with one attached hydrogen (secondary N) is 1. The van der Waals surface area contributed by atoms with Crippen molar-refractivity contribution in [3.05, 3.63) is 58.3 Å². The molecule has 1 fully saturated rings. The van der Waals surface area contributed by atoms with Gasteiger partial charge >= 0.3 is 0 Å². The van der Waals surface area contributed by atoms with Gasteiger partial charge in [-0.2, -0.15) is 0 Å². The molecular formula is C32H38N6O10. The molecule has 6 N–H and O–H groups in total. The quantitative estimate of drug-likeness (QED) is 0.185. The monoisotopic (exact) mass is 666 g/mol. The van der Waals surface area contributed by atoms with Gasteiger partial charge in [-0.3, -0.25) is 14.2 Å². The molecule has 0 radical (unpaired) electrons. The van der Waals surface area contributed by atoms with E-state index in [1.807, 2.05) is 12.1 Å². The van der Waals surface area contributed by atoms with Gasteiger partial charge in [-0.05, 0) is 47.7 Å². The van der Waals surface area contributed by atoms with E-state index in [-0.39, 0.29) is 28.9 Å². The Labute approximate surface area is 275 Å². The van der Waals surface area contributed by atoms with Crippen LogP contribution in [-0.4, -0.2) is 94.1 Å². The molecule has 48 heavy (non-hydrogen) atoms. The van der Waals surface area contributed by atoms with Gasteiger partial charge in [0.25, 0.3) is 0 Å². The molecule has 2 aliphatic rings. The minimum atomic E-state index is -1.19.